The molecule has 0 aromatic carbocycles. The van der Waals surface area contributed by atoms with Crippen LogP contribution in [0, 0.1) is 46.3 Å². The van der Waals surface area contributed by atoms with Crippen LogP contribution in [0.3, 0.4) is 0 Å². The molecular weight excluding hydrogens is 391 g/mol. The van der Waals surface area contributed by atoms with Crippen LogP contribution in [0.2, 0.25) is 0 Å². The molecule has 0 saturated heterocycles. The van der Waals surface area contributed by atoms with Gasteiger partial charge in [0.1, 0.15) is 0 Å². The number of rotatable bonds is 9. The molecule has 0 unspecified atom stereocenters. The smallest absolute Gasteiger partial charge is 0.306 e. The Morgan fingerprint density at radius 1 is 0.667 bits per heavy atom. The summed E-state index contributed by atoms with van der Waals surface area (Å²) in [6.45, 7) is 4.96. The van der Waals surface area contributed by atoms with E-state index in [9.17, 15) is 4.57 Å². The summed E-state index contributed by atoms with van der Waals surface area (Å²) in [6.07, 6.45) is 19.2. The van der Waals surface area contributed by atoms with E-state index in [4.69, 9.17) is 9.05 Å². The Morgan fingerprint density at radius 3 is 1.23 bits per heavy atom. The summed E-state index contributed by atoms with van der Waals surface area (Å²) in [5, 5.41) is 0. The first-order chi connectivity index (χ1) is 14.4. The van der Waals surface area contributed by atoms with E-state index in [0.29, 0.717) is 24.0 Å². The second kappa shape index (κ2) is 7.46. The lowest BCUT2D eigenvalue weighted by atomic mass is 9.49. The molecule has 8 aliphatic carbocycles. The third-order valence-electron chi connectivity index (χ3n) is 10.4. The van der Waals surface area contributed by atoms with Gasteiger partial charge in [-0.1, -0.05) is 6.58 Å². The van der Waals surface area contributed by atoms with Crippen LogP contribution in [0.25, 0.3) is 0 Å². The van der Waals surface area contributed by atoms with Crippen molar-refractivity contribution in [1.82, 2.24) is 0 Å². The van der Waals surface area contributed by atoms with Crippen LogP contribution in [0.15, 0.2) is 12.4 Å². The summed E-state index contributed by atoms with van der Waals surface area (Å²) in [5.74, 6) is 7.21. The molecule has 0 radical (unpaired) electrons. The standard InChI is InChI=1S/C26H41O3P/c1-2-30(27,28-5-3-25-13-19-7-20(14-25)9-21(8-19)15-25)29-6-4-26-16-22-10-23(17-26)12-24(11-22)18-26/h2,19-24H,1,3-18H2. The molecule has 0 aromatic heterocycles. The molecule has 0 spiro atoms. The maximum absolute atomic E-state index is 13.2. The van der Waals surface area contributed by atoms with Gasteiger partial charge in [0.15, 0.2) is 0 Å². The van der Waals surface area contributed by atoms with Crippen LogP contribution in [0.1, 0.15) is 89.9 Å². The second-order valence-corrected chi connectivity index (χ2v) is 14.7. The van der Waals surface area contributed by atoms with Gasteiger partial charge in [0.2, 0.25) is 0 Å². The molecule has 0 atom stereocenters. The largest absolute Gasteiger partial charge is 0.353 e. The molecule has 0 heterocycles. The minimum atomic E-state index is -3.15. The summed E-state index contributed by atoms with van der Waals surface area (Å²) < 4.78 is 25.1. The second-order valence-electron chi connectivity index (χ2n) is 12.7. The van der Waals surface area contributed by atoms with E-state index in [1.807, 2.05) is 0 Å². The first kappa shape index (κ1) is 20.5. The molecule has 8 saturated carbocycles. The Kier molecular flexibility index (Phi) is 5.10. The first-order valence-corrected chi connectivity index (χ1v) is 14.6. The molecule has 30 heavy (non-hydrogen) atoms. The molecule has 4 heteroatoms. The summed E-state index contributed by atoms with van der Waals surface area (Å²) in [7, 11) is -3.15. The zero-order valence-corrected chi connectivity index (χ0v) is 19.6. The minimum Gasteiger partial charge on any atom is -0.306 e. The molecule has 3 nitrogen and oxygen atoms in total. The van der Waals surface area contributed by atoms with Crippen LogP contribution < -0.4 is 0 Å². The molecule has 8 fully saturated rings. The van der Waals surface area contributed by atoms with Gasteiger partial charge in [0.25, 0.3) is 0 Å². The predicted molar refractivity (Wildman–Crippen MR) is 120 cm³/mol. The van der Waals surface area contributed by atoms with E-state index >= 15 is 0 Å². The quantitative estimate of drug-likeness (QED) is 0.352. The monoisotopic (exact) mass is 432 g/mol. The lowest BCUT2D eigenvalue weighted by Gasteiger charge is -2.57. The Balaban J connectivity index is 1.00. The van der Waals surface area contributed by atoms with Crippen LogP contribution >= 0.6 is 7.60 Å². The van der Waals surface area contributed by atoms with Gasteiger partial charge < -0.3 is 9.05 Å². The van der Waals surface area contributed by atoms with Gasteiger partial charge >= 0.3 is 7.60 Å². The van der Waals surface area contributed by atoms with E-state index in [2.05, 4.69) is 6.58 Å². The van der Waals surface area contributed by atoms with Crippen molar-refractivity contribution in [1.29, 1.82) is 0 Å². The van der Waals surface area contributed by atoms with E-state index in [0.717, 1.165) is 48.3 Å². The SMILES string of the molecule is C=CP(=O)(OCCC12CC3CC(CC(C3)C1)C2)OCCC12CC3CC(CC(C3)C1)C2. The first-order valence-electron chi connectivity index (χ1n) is 13.0. The molecular formula is C26H41O3P. The van der Waals surface area contributed by atoms with Crippen molar-refractivity contribution in [2.45, 2.75) is 89.9 Å². The summed E-state index contributed by atoms with van der Waals surface area (Å²) in [5.41, 5.74) is 0.944. The van der Waals surface area contributed by atoms with Gasteiger partial charge in [0.05, 0.1) is 13.2 Å². The zero-order valence-electron chi connectivity index (χ0n) is 18.7. The molecule has 8 rings (SSSR count). The molecule has 0 aromatic rings. The third kappa shape index (κ3) is 3.80. The van der Waals surface area contributed by atoms with E-state index in [1.54, 1.807) is 0 Å². The van der Waals surface area contributed by atoms with Crippen LogP contribution in [-0.2, 0) is 13.6 Å². The van der Waals surface area contributed by atoms with Crippen molar-refractivity contribution < 1.29 is 13.6 Å². The highest BCUT2D eigenvalue weighted by atomic mass is 31.2. The van der Waals surface area contributed by atoms with Gasteiger partial charge in [-0.2, -0.15) is 0 Å². The fraction of sp³-hybridized carbons (Fsp3) is 0.923. The lowest BCUT2D eigenvalue weighted by Crippen LogP contribution is -2.46. The molecule has 0 N–H and O–H groups in total. The van der Waals surface area contributed by atoms with Crippen LogP contribution in [-0.4, -0.2) is 13.2 Å². The van der Waals surface area contributed by atoms with Crippen molar-refractivity contribution in [3.63, 3.8) is 0 Å². The van der Waals surface area contributed by atoms with Gasteiger partial charge in [-0.25, -0.2) is 0 Å². The van der Waals surface area contributed by atoms with Gasteiger partial charge in [-0.3, -0.25) is 4.57 Å². The summed E-state index contributed by atoms with van der Waals surface area (Å²) >= 11 is 0. The fourth-order valence-corrected chi connectivity index (χ4v) is 11.1. The zero-order chi connectivity index (χ0) is 20.4. The van der Waals surface area contributed by atoms with Crippen molar-refractivity contribution >= 4 is 7.60 Å². The number of hydrogen-bond donors (Lipinski definition) is 0. The molecule has 8 bridgehead atoms. The normalized spacial score (nSPS) is 50.0. The van der Waals surface area contributed by atoms with E-state index in [1.165, 1.54) is 82.9 Å². The third-order valence-corrected chi connectivity index (χ3v) is 11.9. The van der Waals surface area contributed by atoms with Crippen molar-refractivity contribution in [3.05, 3.63) is 12.4 Å². The predicted octanol–water partition coefficient (Wildman–Crippen LogP) is 7.57. The Bertz CT molecular complexity index is 603. The van der Waals surface area contributed by atoms with Crippen LogP contribution in [0.4, 0.5) is 0 Å². The maximum atomic E-state index is 13.2. The highest BCUT2D eigenvalue weighted by Crippen LogP contribution is 2.63. The minimum absolute atomic E-state index is 0.472. The van der Waals surface area contributed by atoms with Gasteiger partial charge in [-0.15, -0.1) is 0 Å². The average Bonchev–Trinajstić information content (AvgIpc) is 2.65. The van der Waals surface area contributed by atoms with Gasteiger partial charge in [0, 0.05) is 5.82 Å². The average molecular weight is 433 g/mol. The summed E-state index contributed by atoms with van der Waals surface area (Å²) in [4.78, 5) is 0. The van der Waals surface area contributed by atoms with Gasteiger partial charge in [-0.05, 0) is 136 Å². The van der Waals surface area contributed by atoms with E-state index in [-0.39, 0.29) is 0 Å². The molecule has 168 valence electrons. The van der Waals surface area contributed by atoms with Crippen molar-refractivity contribution in [3.8, 4) is 0 Å². The Hall–Kier alpha value is -0.110. The highest BCUT2D eigenvalue weighted by molar-refractivity contribution is 7.57. The highest BCUT2D eigenvalue weighted by Gasteiger charge is 2.51. The van der Waals surface area contributed by atoms with Crippen molar-refractivity contribution in [2.24, 2.45) is 46.3 Å². The molecule has 0 aliphatic heterocycles. The molecule has 8 aliphatic rings. The maximum Gasteiger partial charge on any atom is 0.353 e. The Morgan fingerprint density at radius 2 is 0.967 bits per heavy atom. The van der Waals surface area contributed by atoms with E-state index < -0.39 is 7.60 Å². The Labute approximate surface area is 183 Å². The summed E-state index contributed by atoms with van der Waals surface area (Å²) in [6, 6.07) is 0. The van der Waals surface area contributed by atoms with Crippen molar-refractivity contribution in [2.75, 3.05) is 13.2 Å². The fourth-order valence-electron chi connectivity index (χ4n) is 10.1. The number of hydrogen-bond acceptors (Lipinski definition) is 3. The van der Waals surface area contributed by atoms with Crippen LogP contribution in [0.5, 0.6) is 0 Å². The lowest BCUT2D eigenvalue weighted by molar-refractivity contribution is -0.0651. The molecule has 0 amide bonds. The topological polar surface area (TPSA) is 35.5 Å².